The number of anilines is 1. The number of nitrogens with one attached hydrogen (secondary N) is 1. The normalized spacial score (nSPS) is 10.4. The molecule has 1 amide bonds. The van der Waals surface area contributed by atoms with E-state index in [4.69, 9.17) is 5.84 Å². The fourth-order valence-corrected chi connectivity index (χ4v) is 1.75. The summed E-state index contributed by atoms with van der Waals surface area (Å²) < 4.78 is 15.8. The van der Waals surface area contributed by atoms with Crippen molar-refractivity contribution in [2.24, 2.45) is 12.9 Å². The molecule has 7 nitrogen and oxygen atoms in total. The van der Waals surface area contributed by atoms with Crippen LogP contribution in [0.15, 0.2) is 24.7 Å². The van der Waals surface area contributed by atoms with Gasteiger partial charge in [-0.1, -0.05) is 0 Å². The van der Waals surface area contributed by atoms with Crippen LogP contribution in [0.2, 0.25) is 0 Å². The summed E-state index contributed by atoms with van der Waals surface area (Å²) in [5.74, 6) is 4.43. The van der Waals surface area contributed by atoms with E-state index in [9.17, 15) is 9.18 Å². The van der Waals surface area contributed by atoms with Gasteiger partial charge in [0, 0.05) is 32.7 Å². The fourth-order valence-electron chi connectivity index (χ4n) is 1.75. The van der Waals surface area contributed by atoms with Crippen molar-refractivity contribution in [2.45, 2.75) is 6.54 Å². The summed E-state index contributed by atoms with van der Waals surface area (Å²) in [5, 5.41) is 0. The van der Waals surface area contributed by atoms with Gasteiger partial charge in [0.25, 0.3) is 5.91 Å². The van der Waals surface area contributed by atoms with Crippen LogP contribution in [0.4, 0.5) is 10.2 Å². The van der Waals surface area contributed by atoms with Crippen LogP contribution in [-0.4, -0.2) is 32.4 Å². The van der Waals surface area contributed by atoms with Gasteiger partial charge >= 0.3 is 0 Å². The Balaban J connectivity index is 2.21. The number of rotatable bonds is 4. The van der Waals surface area contributed by atoms with Crippen LogP contribution in [0, 0.1) is 5.82 Å². The number of nitrogen functional groups attached to an aromatic ring is 1. The molecule has 0 fully saturated rings. The lowest BCUT2D eigenvalue weighted by Gasteiger charge is -2.17. The first-order valence-corrected chi connectivity index (χ1v) is 5.87. The number of nitrogens with zero attached hydrogens (tertiary/aromatic N) is 4. The maximum atomic E-state index is 14.0. The van der Waals surface area contributed by atoms with Crippen molar-refractivity contribution >= 4 is 11.7 Å². The summed E-state index contributed by atoms with van der Waals surface area (Å²) in [7, 11) is 3.40. The van der Waals surface area contributed by atoms with Gasteiger partial charge < -0.3 is 14.9 Å². The minimum atomic E-state index is -0.772. The van der Waals surface area contributed by atoms with E-state index < -0.39 is 11.7 Å². The number of hydrazine groups is 1. The minimum absolute atomic E-state index is 0.0929. The topological polar surface area (TPSA) is 89.1 Å². The molecule has 0 bridgehead atoms. The third kappa shape index (κ3) is 2.59. The van der Waals surface area contributed by atoms with Crippen LogP contribution >= 0.6 is 0 Å². The lowest BCUT2D eigenvalue weighted by Crippen LogP contribution is -2.28. The number of aryl methyl sites for hydroxylation is 1. The van der Waals surface area contributed by atoms with E-state index in [1.165, 1.54) is 17.2 Å². The third-order valence-electron chi connectivity index (χ3n) is 2.90. The Morgan fingerprint density at radius 2 is 2.25 bits per heavy atom. The van der Waals surface area contributed by atoms with Crippen molar-refractivity contribution in [3.63, 3.8) is 0 Å². The largest absolute Gasteiger partial charge is 0.337 e. The summed E-state index contributed by atoms with van der Waals surface area (Å²) in [4.78, 5) is 21.4. The molecule has 3 N–H and O–H groups in total. The van der Waals surface area contributed by atoms with Gasteiger partial charge in [0.05, 0.1) is 12.1 Å². The number of imidazole rings is 1. The maximum Gasteiger partial charge on any atom is 0.257 e. The van der Waals surface area contributed by atoms with Crippen molar-refractivity contribution < 1.29 is 9.18 Å². The van der Waals surface area contributed by atoms with Gasteiger partial charge in [-0.05, 0) is 6.07 Å². The average molecular weight is 278 g/mol. The second-order valence-electron chi connectivity index (χ2n) is 4.28. The standard InChI is InChI=1S/C12H15FN6O/c1-18-6-5-15-9(18)7-19(2)12(20)8-3-4-16-11(17-14)10(8)13/h3-6H,7,14H2,1-2H3,(H,16,17). The second kappa shape index (κ2) is 5.66. The zero-order chi connectivity index (χ0) is 14.7. The molecule has 0 aromatic carbocycles. The highest BCUT2D eigenvalue weighted by Crippen LogP contribution is 2.16. The van der Waals surface area contributed by atoms with Gasteiger partial charge in [0.2, 0.25) is 0 Å². The predicted octanol–water partition coefficient (Wildman–Crippen LogP) is 0.512. The average Bonchev–Trinajstić information content (AvgIpc) is 2.84. The molecule has 0 saturated heterocycles. The molecular weight excluding hydrogens is 263 g/mol. The number of hydrogen-bond donors (Lipinski definition) is 2. The number of halogens is 1. The second-order valence-corrected chi connectivity index (χ2v) is 4.28. The number of pyridine rings is 1. The van der Waals surface area contributed by atoms with E-state index in [-0.39, 0.29) is 17.9 Å². The van der Waals surface area contributed by atoms with Gasteiger partial charge in [-0.15, -0.1) is 0 Å². The van der Waals surface area contributed by atoms with Crippen LogP contribution in [0.25, 0.3) is 0 Å². The van der Waals surface area contributed by atoms with E-state index >= 15 is 0 Å². The summed E-state index contributed by atoms with van der Waals surface area (Å²) in [5.41, 5.74) is 2.02. The van der Waals surface area contributed by atoms with Crippen LogP contribution in [0.5, 0.6) is 0 Å². The molecule has 2 heterocycles. The van der Waals surface area contributed by atoms with Crippen LogP contribution in [0.3, 0.4) is 0 Å². The minimum Gasteiger partial charge on any atom is -0.337 e. The monoisotopic (exact) mass is 278 g/mol. The first kappa shape index (κ1) is 13.9. The number of amides is 1. The fraction of sp³-hybridized carbons (Fsp3) is 0.250. The SMILES string of the molecule is CN(Cc1nccn1C)C(=O)c1ccnc(NN)c1F. The number of aromatic nitrogens is 3. The highest BCUT2D eigenvalue weighted by molar-refractivity contribution is 5.94. The van der Waals surface area contributed by atoms with E-state index in [1.54, 1.807) is 24.0 Å². The first-order chi connectivity index (χ1) is 9.54. The molecule has 0 unspecified atom stereocenters. The number of carbonyl (C=O) groups is 1. The molecule has 0 saturated carbocycles. The lowest BCUT2D eigenvalue weighted by molar-refractivity contribution is 0.0776. The smallest absolute Gasteiger partial charge is 0.257 e. The highest BCUT2D eigenvalue weighted by Gasteiger charge is 2.20. The highest BCUT2D eigenvalue weighted by atomic mass is 19.1. The molecular formula is C12H15FN6O. The third-order valence-corrected chi connectivity index (χ3v) is 2.90. The molecule has 8 heteroatoms. The van der Waals surface area contributed by atoms with E-state index in [2.05, 4.69) is 15.4 Å². The van der Waals surface area contributed by atoms with Gasteiger partial charge in [0.15, 0.2) is 11.6 Å². The number of carbonyl (C=O) groups excluding carboxylic acids is 1. The van der Waals surface area contributed by atoms with Crippen molar-refractivity contribution in [1.29, 1.82) is 0 Å². The predicted molar refractivity (Wildman–Crippen MR) is 71.0 cm³/mol. The van der Waals surface area contributed by atoms with E-state index in [0.717, 1.165) is 0 Å². The summed E-state index contributed by atoms with van der Waals surface area (Å²) in [6.07, 6.45) is 4.73. The van der Waals surface area contributed by atoms with Gasteiger partial charge in [-0.2, -0.15) is 0 Å². The molecule has 2 aromatic rings. The maximum absolute atomic E-state index is 14.0. The Morgan fingerprint density at radius 1 is 1.50 bits per heavy atom. The van der Waals surface area contributed by atoms with Crippen LogP contribution in [-0.2, 0) is 13.6 Å². The molecule has 0 atom stereocenters. The quantitative estimate of drug-likeness (QED) is 0.628. The van der Waals surface area contributed by atoms with Crippen molar-refractivity contribution in [3.05, 3.63) is 41.9 Å². The Hall–Kier alpha value is -2.48. The van der Waals surface area contributed by atoms with Crippen molar-refractivity contribution in [2.75, 3.05) is 12.5 Å². The molecule has 0 radical (unpaired) electrons. The number of hydrogen-bond acceptors (Lipinski definition) is 5. The van der Waals surface area contributed by atoms with Gasteiger partial charge in [-0.25, -0.2) is 20.2 Å². The summed E-state index contributed by atoms with van der Waals surface area (Å²) in [6, 6.07) is 1.31. The Labute approximate surface area is 115 Å². The molecule has 0 aliphatic heterocycles. The number of nitrogens with two attached hydrogens (primary N) is 1. The molecule has 106 valence electrons. The summed E-state index contributed by atoms with van der Waals surface area (Å²) >= 11 is 0. The van der Waals surface area contributed by atoms with E-state index in [0.29, 0.717) is 5.82 Å². The molecule has 20 heavy (non-hydrogen) atoms. The summed E-state index contributed by atoms with van der Waals surface area (Å²) in [6.45, 7) is 0.273. The molecule has 2 aromatic heterocycles. The molecule has 2 rings (SSSR count). The van der Waals surface area contributed by atoms with Crippen LogP contribution in [0.1, 0.15) is 16.2 Å². The zero-order valence-corrected chi connectivity index (χ0v) is 11.2. The molecule has 0 spiro atoms. The van der Waals surface area contributed by atoms with Gasteiger partial charge in [-0.3, -0.25) is 4.79 Å². The first-order valence-electron chi connectivity index (χ1n) is 5.87. The van der Waals surface area contributed by atoms with Gasteiger partial charge in [0.1, 0.15) is 5.82 Å². The molecule has 0 aliphatic rings. The van der Waals surface area contributed by atoms with E-state index in [1.807, 2.05) is 7.05 Å². The molecule has 0 aliphatic carbocycles. The Kier molecular flexibility index (Phi) is 3.94. The zero-order valence-electron chi connectivity index (χ0n) is 11.2. The Bertz CT molecular complexity index is 626. The lowest BCUT2D eigenvalue weighted by atomic mass is 10.2. The van der Waals surface area contributed by atoms with Crippen LogP contribution < -0.4 is 11.3 Å². The van der Waals surface area contributed by atoms with Crippen molar-refractivity contribution in [3.8, 4) is 0 Å². The van der Waals surface area contributed by atoms with Crippen molar-refractivity contribution in [1.82, 2.24) is 19.4 Å². The Morgan fingerprint density at radius 3 is 2.85 bits per heavy atom.